The smallest absolute Gasteiger partial charge is 0.413 e. The highest BCUT2D eigenvalue weighted by Gasteiger charge is 2.48. The van der Waals surface area contributed by atoms with E-state index in [1.807, 2.05) is 6.07 Å². The molecule has 0 bridgehead atoms. The highest BCUT2D eigenvalue weighted by Crippen LogP contribution is 2.39. The number of nitrogens with one attached hydrogen (secondary N) is 2. The van der Waals surface area contributed by atoms with Crippen molar-refractivity contribution in [3.63, 3.8) is 0 Å². The quantitative estimate of drug-likeness (QED) is 0.646. The van der Waals surface area contributed by atoms with E-state index < -0.39 is 53.7 Å². The Morgan fingerprint density at radius 1 is 1.25 bits per heavy atom. The van der Waals surface area contributed by atoms with Crippen molar-refractivity contribution in [2.24, 2.45) is 4.99 Å². The van der Waals surface area contributed by atoms with Gasteiger partial charge in [-0.1, -0.05) is 0 Å². The molecule has 1 aliphatic rings. The maximum atomic E-state index is 14.9. The molecule has 2 unspecified atom stereocenters. The number of hydrogen-bond donors (Lipinski definition) is 2. The molecule has 0 radical (unpaired) electrons. The number of carbonyl (C=O) groups excluding carboxylic acids is 2. The summed E-state index contributed by atoms with van der Waals surface area (Å²) in [6, 6.07) is 7.70. The largest absolute Gasteiger partial charge is 0.444 e. The molecule has 1 aliphatic heterocycles. The van der Waals surface area contributed by atoms with Crippen LogP contribution < -0.4 is 10.6 Å². The summed E-state index contributed by atoms with van der Waals surface area (Å²) >= 11 is 0. The molecule has 0 saturated heterocycles. The summed E-state index contributed by atoms with van der Waals surface area (Å²) in [6.07, 6.45) is -3.84. The molecule has 2 heterocycles. The zero-order chi connectivity index (χ0) is 26.7. The summed E-state index contributed by atoms with van der Waals surface area (Å²) in [5.74, 6) is -1.97. The van der Waals surface area contributed by atoms with Crippen LogP contribution in [0.4, 0.5) is 23.7 Å². The van der Waals surface area contributed by atoms with Crippen LogP contribution in [0.15, 0.2) is 41.5 Å². The predicted molar refractivity (Wildman–Crippen MR) is 123 cm³/mol. The molecule has 12 heteroatoms. The Hall–Kier alpha value is -3.98. The lowest BCUT2D eigenvalue weighted by Crippen LogP contribution is -2.51. The van der Waals surface area contributed by atoms with Crippen LogP contribution in [0.3, 0.4) is 0 Å². The van der Waals surface area contributed by atoms with E-state index in [-0.39, 0.29) is 22.8 Å². The maximum Gasteiger partial charge on any atom is 0.413 e. The Bertz CT molecular complexity index is 1220. The lowest BCUT2D eigenvalue weighted by Gasteiger charge is -2.36. The van der Waals surface area contributed by atoms with Gasteiger partial charge in [-0.05, 0) is 58.0 Å². The molecule has 2 amide bonds. The van der Waals surface area contributed by atoms with Gasteiger partial charge in [-0.15, -0.1) is 0 Å². The number of amidine groups is 1. The number of anilines is 1. The predicted octanol–water partition coefficient (Wildman–Crippen LogP) is 4.15. The minimum Gasteiger partial charge on any atom is -0.444 e. The van der Waals surface area contributed by atoms with E-state index in [1.54, 1.807) is 20.8 Å². The van der Waals surface area contributed by atoms with Gasteiger partial charge in [-0.2, -0.15) is 5.26 Å². The van der Waals surface area contributed by atoms with E-state index >= 15 is 0 Å². The molecule has 2 atom stereocenters. The number of pyridine rings is 1. The molecule has 1 aromatic heterocycles. The molecular weight excluding hydrogens is 479 g/mol. The van der Waals surface area contributed by atoms with Gasteiger partial charge in [0, 0.05) is 17.4 Å². The highest BCUT2D eigenvalue weighted by molar-refractivity contribution is 6.03. The van der Waals surface area contributed by atoms with E-state index in [0.29, 0.717) is 0 Å². The zero-order valence-corrected chi connectivity index (χ0v) is 19.9. The number of nitrogens with zero attached hydrogens (tertiary/aromatic N) is 3. The van der Waals surface area contributed by atoms with E-state index in [1.165, 1.54) is 31.3 Å². The van der Waals surface area contributed by atoms with Gasteiger partial charge in [0.15, 0.2) is 5.54 Å². The summed E-state index contributed by atoms with van der Waals surface area (Å²) in [5.41, 5.74) is -3.70. The number of hydrogen-bond acceptors (Lipinski definition) is 7. The number of carbonyl (C=O) groups is 2. The lowest BCUT2D eigenvalue weighted by molar-refractivity contribution is -0.0352. The Kier molecular flexibility index (Phi) is 7.64. The Morgan fingerprint density at radius 2 is 1.97 bits per heavy atom. The Morgan fingerprint density at radius 3 is 2.56 bits per heavy atom. The average molecular weight is 503 g/mol. The van der Waals surface area contributed by atoms with Gasteiger partial charge in [0.05, 0.1) is 12.2 Å². The third-order valence-corrected chi connectivity index (χ3v) is 5.06. The van der Waals surface area contributed by atoms with Gasteiger partial charge in [-0.25, -0.2) is 27.9 Å². The molecule has 36 heavy (non-hydrogen) atoms. The number of benzene rings is 1. The van der Waals surface area contributed by atoms with E-state index in [2.05, 4.69) is 20.6 Å². The van der Waals surface area contributed by atoms with Crippen LogP contribution in [0.5, 0.6) is 0 Å². The summed E-state index contributed by atoms with van der Waals surface area (Å²) in [4.78, 5) is 32.6. The molecule has 190 valence electrons. The van der Waals surface area contributed by atoms with Crippen molar-refractivity contribution in [3.8, 4) is 6.07 Å². The monoisotopic (exact) mass is 503 g/mol. The first kappa shape index (κ1) is 26.6. The number of amides is 2. The van der Waals surface area contributed by atoms with Crippen molar-refractivity contribution in [1.29, 1.82) is 5.26 Å². The fraction of sp³-hybridized carbons (Fsp3) is 0.375. The fourth-order valence-electron chi connectivity index (χ4n) is 3.30. The maximum absolute atomic E-state index is 14.9. The number of nitriles is 1. The number of aliphatic imine (C=N–C) groups is 1. The molecule has 2 N–H and O–H groups in total. The topological polar surface area (TPSA) is 126 Å². The number of alkyl halides is 2. The van der Waals surface area contributed by atoms with Crippen LogP contribution in [0.25, 0.3) is 0 Å². The summed E-state index contributed by atoms with van der Waals surface area (Å²) in [7, 11) is 0. The first-order valence-electron chi connectivity index (χ1n) is 10.8. The number of ether oxygens (including phenoxy) is 2. The zero-order valence-electron chi connectivity index (χ0n) is 19.9. The van der Waals surface area contributed by atoms with Crippen LogP contribution in [0.2, 0.25) is 0 Å². The number of rotatable bonds is 4. The molecule has 0 spiro atoms. The molecule has 0 aliphatic carbocycles. The second kappa shape index (κ2) is 10.3. The van der Waals surface area contributed by atoms with Gasteiger partial charge >= 0.3 is 6.09 Å². The summed E-state index contributed by atoms with van der Waals surface area (Å²) in [5, 5.41) is 13.6. The minimum atomic E-state index is -3.24. The normalized spacial score (nSPS) is 19.8. The van der Waals surface area contributed by atoms with Crippen molar-refractivity contribution in [2.75, 3.05) is 11.9 Å². The number of alkyl carbamates (subject to hydrolysis) is 1. The highest BCUT2D eigenvalue weighted by atomic mass is 19.3. The number of halogens is 3. The standard InChI is InChI=1S/C24H24F3N5O4/c1-13-19(31-22(34)36-23(2,3)4)32-24(12-35-13,21(26)27)16-9-15(6-7-17(16)25)30-20(33)18-8-5-14(10-28)11-29-18/h5-9,11,13,21H,12H2,1-4H3,(H,30,33)(H,31,32,34). The van der Waals surface area contributed by atoms with E-state index in [9.17, 15) is 22.8 Å². The van der Waals surface area contributed by atoms with Crippen molar-refractivity contribution < 1.29 is 32.2 Å². The van der Waals surface area contributed by atoms with Crippen LogP contribution in [0, 0.1) is 17.1 Å². The van der Waals surface area contributed by atoms with Gasteiger partial charge < -0.3 is 14.8 Å². The van der Waals surface area contributed by atoms with Crippen LogP contribution in [-0.4, -0.2) is 47.6 Å². The average Bonchev–Trinajstić information content (AvgIpc) is 2.80. The third-order valence-electron chi connectivity index (χ3n) is 5.06. The molecular formula is C24H24F3N5O4. The van der Waals surface area contributed by atoms with Gasteiger partial charge in [0.25, 0.3) is 12.3 Å². The van der Waals surface area contributed by atoms with Gasteiger partial charge in [0.1, 0.15) is 35.1 Å². The molecule has 0 saturated carbocycles. The second-order valence-corrected chi connectivity index (χ2v) is 8.99. The van der Waals surface area contributed by atoms with E-state index in [0.717, 1.165) is 12.1 Å². The van der Waals surface area contributed by atoms with Crippen molar-refractivity contribution in [1.82, 2.24) is 10.3 Å². The van der Waals surface area contributed by atoms with Crippen molar-refractivity contribution >= 4 is 23.5 Å². The van der Waals surface area contributed by atoms with Crippen molar-refractivity contribution in [2.45, 2.75) is 51.4 Å². The second-order valence-electron chi connectivity index (χ2n) is 8.99. The molecule has 9 nitrogen and oxygen atoms in total. The van der Waals surface area contributed by atoms with Crippen LogP contribution in [-0.2, 0) is 15.0 Å². The minimum absolute atomic E-state index is 0.00180. The van der Waals surface area contributed by atoms with Crippen LogP contribution in [0.1, 0.15) is 49.3 Å². The fourth-order valence-corrected chi connectivity index (χ4v) is 3.30. The SMILES string of the molecule is CC1OCC(c2cc(NC(=O)c3ccc(C#N)cn3)ccc2F)(C(F)F)N=C1NC(=O)OC(C)(C)C. The first-order chi connectivity index (χ1) is 16.8. The van der Waals surface area contributed by atoms with E-state index in [4.69, 9.17) is 14.7 Å². The Balaban J connectivity index is 1.95. The molecule has 0 fully saturated rings. The molecule has 2 aromatic rings. The Labute approximate surface area is 205 Å². The van der Waals surface area contributed by atoms with Gasteiger partial charge in [0.2, 0.25) is 0 Å². The van der Waals surface area contributed by atoms with Gasteiger partial charge in [-0.3, -0.25) is 10.1 Å². The third kappa shape index (κ3) is 5.98. The first-order valence-corrected chi connectivity index (χ1v) is 10.8. The number of aromatic nitrogens is 1. The lowest BCUT2D eigenvalue weighted by atomic mass is 9.89. The summed E-state index contributed by atoms with van der Waals surface area (Å²) in [6.45, 7) is 5.68. The molecule has 1 aromatic carbocycles. The summed E-state index contributed by atoms with van der Waals surface area (Å²) < 4.78 is 54.4. The van der Waals surface area contributed by atoms with Crippen LogP contribution >= 0.6 is 0 Å². The van der Waals surface area contributed by atoms with Crippen molar-refractivity contribution in [3.05, 3.63) is 59.2 Å². The molecule has 3 rings (SSSR count).